The van der Waals surface area contributed by atoms with Gasteiger partial charge in [-0.1, -0.05) is 5.16 Å². The molecule has 2 aliphatic heterocycles. The van der Waals surface area contributed by atoms with Crippen LogP contribution >= 0.6 is 0 Å². The second-order valence-electron chi connectivity index (χ2n) is 7.02. The maximum atomic E-state index is 13.0. The number of nitrogens with zero attached hydrogens (tertiary/aromatic N) is 3. The highest BCUT2D eigenvalue weighted by Gasteiger charge is 2.35. The normalized spacial score (nSPS) is 20.5. The average Bonchev–Trinajstić information content (AvgIpc) is 3.45. The topological polar surface area (TPSA) is 112 Å². The van der Waals surface area contributed by atoms with Crippen LogP contribution < -0.4 is 0 Å². The molecule has 0 amide bonds. The van der Waals surface area contributed by atoms with Gasteiger partial charge in [-0.05, 0) is 25.5 Å². The van der Waals surface area contributed by atoms with Crippen LogP contribution in [0.3, 0.4) is 0 Å². The zero-order valence-electron chi connectivity index (χ0n) is 15.3. The summed E-state index contributed by atoms with van der Waals surface area (Å²) in [5.74, 6) is 2.25. The van der Waals surface area contributed by atoms with Gasteiger partial charge in [-0.2, -0.15) is 4.31 Å². The summed E-state index contributed by atoms with van der Waals surface area (Å²) in [6.07, 6.45) is 1.35. The molecular weight excluding hydrogens is 386 g/mol. The highest BCUT2D eigenvalue weighted by molar-refractivity contribution is 7.89. The van der Waals surface area contributed by atoms with Crippen molar-refractivity contribution in [2.75, 3.05) is 19.8 Å². The predicted octanol–water partition coefficient (Wildman–Crippen LogP) is 2.48. The summed E-state index contributed by atoms with van der Waals surface area (Å²) in [7, 11) is -3.80. The van der Waals surface area contributed by atoms with E-state index >= 15 is 0 Å². The van der Waals surface area contributed by atoms with Crippen LogP contribution in [-0.4, -0.2) is 42.6 Å². The van der Waals surface area contributed by atoms with Gasteiger partial charge in [-0.3, -0.25) is 0 Å². The number of ether oxygens (including phenoxy) is 1. The van der Waals surface area contributed by atoms with Crippen LogP contribution in [0.15, 0.2) is 36.6 Å². The third kappa shape index (κ3) is 2.97. The molecular formula is C18H19N3O6S. The van der Waals surface area contributed by atoms with Crippen molar-refractivity contribution in [3.63, 3.8) is 0 Å². The lowest BCUT2D eigenvalue weighted by Crippen LogP contribution is -2.35. The van der Waals surface area contributed by atoms with Gasteiger partial charge in [-0.15, -0.1) is 0 Å². The summed E-state index contributed by atoms with van der Waals surface area (Å²) < 4.78 is 49.3. The van der Waals surface area contributed by atoms with Crippen molar-refractivity contribution in [1.82, 2.24) is 14.4 Å². The van der Waals surface area contributed by atoms with E-state index in [2.05, 4.69) is 10.1 Å². The van der Waals surface area contributed by atoms with E-state index in [1.807, 2.05) is 0 Å². The van der Waals surface area contributed by atoms with E-state index in [1.54, 1.807) is 19.1 Å². The van der Waals surface area contributed by atoms with Crippen LogP contribution in [0.4, 0.5) is 0 Å². The van der Waals surface area contributed by atoms with Crippen LogP contribution in [0.5, 0.6) is 0 Å². The summed E-state index contributed by atoms with van der Waals surface area (Å²) in [5.41, 5.74) is 1.35. The number of aryl methyl sites for hydroxylation is 1. The van der Waals surface area contributed by atoms with Crippen LogP contribution in [0.2, 0.25) is 0 Å². The van der Waals surface area contributed by atoms with Crippen LogP contribution in [0.1, 0.15) is 35.4 Å². The molecule has 28 heavy (non-hydrogen) atoms. The number of hydrogen-bond acceptors (Lipinski definition) is 8. The monoisotopic (exact) mass is 405 g/mol. The second kappa shape index (κ2) is 6.57. The molecule has 0 radical (unpaired) electrons. The van der Waals surface area contributed by atoms with E-state index in [0.717, 1.165) is 12.2 Å². The van der Waals surface area contributed by atoms with Crippen molar-refractivity contribution in [3.8, 4) is 11.5 Å². The molecule has 0 spiro atoms. The van der Waals surface area contributed by atoms with Gasteiger partial charge in [0.1, 0.15) is 5.76 Å². The first-order chi connectivity index (χ1) is 13.5. The lowest BCUT2D eigenvalue weighted by Gasteiger charge is -2.23. The highest BCUT2D eigenvalue weighted by Crippen LogP contribution is 2.32. The zero-order chi connectivity index (χ0) is 19.3. The van der Waals surface area contributed by atoms with Crippen molar-refractivity contribution < 1.29 is 26.5 Å². The predicted molar refractivity (Wildman–Crippen MR) is 94.9 cm³/mol. The summed E-state index contributed by atoms with van der Waals surface area (Å²) in [5, 5.41) is 3.66. The van der Waals surface area contributed by atoms with Gasteiger partial charge < -0.3 is 18.1 Å². The number of aromatic nitrogens is 2. The lowest BCUT2D eigenvalue weighted by atomic mass is 10.1. The molecule has 3 aromatic rings. The fourth-order valence-electron chi connectivity index (χ4n) is 3.50. The number of sulfonamides is 1. The number of rotatable bonds is 4. The minimum atomic E-state index is -3.80. The summed E-state index contributed by atoms with van der Waals surface area (Å²) in [6.45, 7) is 3.54. The maximum absolute atomic E-state index is 13.0. The summed E-state index contributed by atoms with van der Waals surface area (Å²) in [6, 6.07) is 4.69. The van der Waals surface area contributed by atoms with Crippen LogP contribution in [0, 0.1) is 6.92 Å². The molecule has 1 unspecified atom stereocenters. The van der Waals surface area contributed by atoms with Crippen molar-refractivity contribution in [2.45, 2.75) is 37.3 Å². The Labute approximate surface area is 161 Å². The van der Waals surface area contributed by atoms with Gasteiger partial charge in [0.25, 0.3) is 10.0 Å². The Kier molecular flexibility index (Phi) is 4.14. The molecule has 2 aliphatic rings. The standard InChI is InChI=1S/C18H19N3O6S/c1-11-8-16(27-20-11)15-2-3-17(25-15)28(22,23)21-6-4-14-13(9-21)19-18(26-14)12-5-7-24-10-12/h2-3,8,12H,4-7,9-10H2,1H3. The molecule has 0 aromatic carbocycles. The van der Waals surface area contributed by atoms with Gasteiger partial charge in [0, 0.05) is 25.6 Å². The molecule has 0 bridgehead atoms. The maximum Gasteiger partial charge on any atom is 0.276 e. The van der Waals surface area contributed by atoms with E-state index < -0.39 is 10.0 Å². The zero-order valence-corrected chi connectivity index (χ0v) is 16.1. The molecule has 10 heteroatoms. The molecule has 5 heterocycles. The van der Waals surface area contributed by atoms with Crippen molar-refractivity contribution in [1.29, 1.82) is 0 Å². The van der Waals surface area contributed by atoms with Gasteiger partial charge in [0.05, 0.1) is 30.5 Å². The molecule has 1 saturated heterocycles. The molecule has 148 valence electrons. The van der Waals surface area contributed by atoms with Gasteiger partial charge in [-0.25, -0.2) is 13.4 Å². The van der Waals surface area contributed by atoms with Crippen molar-refractivity contribution >= 4 is 10.0 Å². The molecule has 0 saturated carbocycles. The van der Waals surface area contributed by atoms with Gasteiger partial charge >= 0.3 is 0 Å². The quantitative estimate of drug-likeness (QED) is 0.651. The molecule has 5 rings (SSSR count). The Morgan fingerprint density at radius 3 is 2.86 bits per heavy atom. The van der Waals surface area contributed by atoms with E-state index in [9.17, 15) is 8.42 Å². The van der Waals surface area contributed by atoms with Crippen LogP contribution in [-0.2, 0) is 27.7 Å². The number of oxazole rings is 1. The molecule has 0 aliphatic carbocycles. The van der Waals surface area contributed by atoms with E-state index in [-0.39, 0.29) is 17.6 Å². The minimum Gasteiger partial charge on any atom is -0.445 e. The van der Waals surface area contributed by atoms with E-state index in [1.165, 1.54) is 10.4 Å². The average molecular weight is 405 g/mol. The Hall–Kier alpha value is -2.43. The largest absolute Gasteiger partial charge is 0.445 e. The molecule has 9 nitrogen and oxygen atoms in total. The first kappa shape index (κ1) is 17.7. The summed E-state index contributed by atoms with van der Waals surface area (Å²) >= 11 is 0. The highest BCUT2D eigenvalue weighted by atomic mass is 32.2. The second-order valence-corrected chi connectivity index (χ2v) is 8.89. The lowest BCUT2D eigenvalue weighted by molar-refractivity contribution is 0.190. The van der Waals surface area contributed by atoms with Gasteiger partial charge in [0.15, 0.2) is 11.7 Å². The molecule has 0 N–H and O–H groups in total. The number of furan rings is 1. The Balaban J connectivity index is 1.38. The molecule has 1 atom stereocenters. The van der Waals surface area contributed by atoms with Crippen molar-refractivity contribution in [3.05, 3.63) is 41.2 Å². The van der Waals surface area contributed by atoms with Crippen molar-refractivity contribution in [2.24, 2.45) is 0 Å². The van der Waals surface area contributed by atoms with Gasteiger partial charge in [0.2, 0.25) is 10.9 Å². The smallest absolute Gasteiger partial charge is 0.276 e. The first-order valence-electron chi connectivity index (χ1n) is 9.10. The molecule has 3 aromatic heterocycles. The number of hydrogen-bond donors (Lipinski definition) is 0. The Bertz CT molecular complexity index is 1110. The fourth-order valence-corrected chi connectivity index (χ4v) is 4.82. The first-order valence-corrected chi connectivity index (χ1v) is 10.5. The Morgan fingerprint density at radius 1 is 1.21 bits per heavy atom. The third-order valence-corrected chi connectivity index (χ3v) is 6.75. The van der Waals surface area contributed by atoms with E-state index in [0.29, 0.717) is 55.0 Å². The minimum absolute atomic E-state index is 0.132. The SMILES string of the molecule is Cc1cc(-c2ccc(S(=O)(=O)N3CCc4oc(C5CCOC5)nc4C3)o2)on1. The fraction of sp³-hybridized carbons (Fsp3) is 0.444. The van der Waals surface area contributed by atoms with E-state index in [4.69, 9.17) is 18.1 Å². The third-order valence-electron chi connectivity index (χ3n) is 5.03. The van der Waals surface area contributed by atoms with Crippen LogP contribution in [0.25, 0.3) is 11.5 Å². The molecule has 1 fully saturated rings. The Morgan fingerprint density at radius 2 is 2.11 bits per heavy atom. The summed E-state index contributed by atoms with van der Waals surface area (Å²) in [4.78, 5) is 4.54. The number of fused-ring (bicyclic) bond motifs is 1.